The number of nitrogens with zero attached hydrogens (tertiary/aromatic N) is 4. The van der Waals surface area contributed by atoms with E-state index < -0.39 is 16.8 Å². The van der Waals surface area contributed by atoms with Gasteiger partial charge in [-0.2, -0.15) is 5.10 Å². The molecule has 0 bridgehead atoms. The van der Waals surface area contributed by atoms with Crippen molar-refractivity contribution in [1.29, 1.82) is 0 Å². The summed E-state index contributed by atoms with van der Waals surface area (Å²) in [6, 6.07) is 3.27. The maximum Gasteiger partial charge on any atom is 0.322 e. The molecule has 3 unspecified atom stereocenters. The van der Waals surface area contributed by atoms with E-state index in [2.05, 4.69) is 15.1 Å². The molecule has 1 aromatic heterocycles. The molecule has 0 saturated carbocycles. The number of benzene rings is 1. The summed E-state index contributed by atoms with van der Waals surface area (Å²) in [4.78, 5) is 28.7. The highest BCUT2D eigenvalue weighted by Crippen LogP contribution is 2.30. The molecule has 2 aliphatic rings. The van der Waals surface area contributed by atoms with Gasteiger partial charge in [0.05, 0.1) is 52.7 Å². The van der Waals surface area contributed by atoms with Gasteiger partial charge in [-0.1, -0.05) is 11.6 Å². The van der Waals surface area contributed by atoms with Crippen LogP contribution in [-0.2, 0) is 28.9 Å². The van der Waals surface area contributed by atoms with Gasteiger partial charge in [-0.15, -0.1) is 0 Å². The first-order valence-corrected chi connectivity index (χ1v) is 11.6. The van der Waals surface area contributed by atoms with Crippen molar-refractivity contribution in [2.45, 2.75) is 38.5 Å². The van der Waals surface area contributed by atoms with Gasteiger partial charge in [0, 0.05) is 31.0 Å². The number of aromatic nitrogens is 2. The van der Waals surface area contributed by atoms with Gasteiger partial charge in [0.15, 0.2) is 0 Å². The van der Waals surface area contributed by atoms with E-state index in [0.717, 1.165) is 5.69 Å². The third kappa shape index (κ3) is 4.43. The summed E-state index contributed by atoms with van der Waals surface area (Å²) < 4.78 is 29.5. The molecular weight excluding hydrogens is 447 g/mol. The molecule has 1 saturated heterocycles. The molecule has 4 rings (SSSR count). The lowest BCUT2D eigenvalue weighted by Gasteiger charge is -2.35. The third-order valence-electron chi connectivity index (χ3n) is 5.40. The van der Waals surface area contributed by atoms with E-state index in [1.807, 2.05) is 6.92 Å². The van der Waals surface area contributed by atoms with Crippen LogP contribution in [0.4, 0.5) is 20.6 Å². The largest absolute Gasteiger partial charge is 0.322 e. The van der Waals surface area contributed by atoms with E-state index in [0.29, 0.717) is 24.5 Å². The zero-order chi connectivity index (χ0) is 22.3. The number of hydrogen-bond donors (Lipinski definition) is 2. The Bertz CT molecular complexity index is 1060. The molecule has 2 N–H and O–H groups in total. The van der Waals surface area contributed by atoms with Crippen molar-refractivity contribution in [2.75, 3.05) is 23.0 Å². The highest BCUT2D eigenvalue weighted by atomic mass is 35.5. The second-order valence-electron chi connectivity index (χ2n) is 7.67. The Labute approximate surface area is 186 Å². The molecule has 2 aromatic rings. The Hall–Kier alpha value is -2.50. The molecule has 0 radical (unpaired) electrons. The number of urea groups is 1. The number of anilines is 2. The van der Waals surface area contributed by atoms with Crippen LogP contribution >= 0.6 is 11.6 Å². The summed E-state index contributed by atoms with van der Waals surface area (Å²) in [7, 11) is -1.22. The van der Waals surface area contributed by atoms with Gasteiger partial charge in [-0.05, 0) is 25.1 Å². The summed E-state index contributed by atoms with van der Waals surface area (Å²) >= 11 is 5.80. The molecule has 3 amide bonds. The number of amides is 3. The fourth-order valence-corrected chi connectivity index (χ4v) is 4.72. The summed E-state index contributed by atoms with van der Waals surface area (Å²) in [5, 5.41) is 7.06. The minimum Gasteiger partial charge on any atom is -0.314 e. The first-order valence-electron chi connectivity index (χ1n) is 9.70. The van der Waals surface area contributed by atoms with Crippen molar-refractivity contribution in [3.05, 3.63) is 40.9 Å². The van der Waals surface area contributed by atoms with Crippen molar-refractivity contribution in [3.8, 4) is 0 Å². The minimum atomic E-state index is -1.22. The van der Waals surface area contributed by atoms with Gasteiger partial charge in [0.1, 0.15) is 5.82 Å². The van der Waals surface area contributed by atoms with Crippen LogP contribution in [0.5, 0.6) is 0 Å². The van der Waals surface area contributed by atoms with E-state index >= 15 is 0 Å². The SMILES string of the molecule is CC1Cn2ncc(N3CC(NS(C)=O)CC3=O)c2CN1C(=O)Nc1ccc(F)c(Cl)c1. The lowest BCUT2D eigenvalue weighted by molar-refractivity contribution is -0.117. The van der Waals surface area contributed by atoms with Crippen LogP contribution < -0.4 is 14.9 Å². The molecule has 2 aliphatic heterocycles. The Morgan fingerprint density at radius 3 is 2.84 bits per heavy atom. The van der Waals surface area contributed by atoms with Crippen molar-refractivity contribution in [2.24, 2.45) is 0 Å². The minimum absolute atomic E-state index is 0.0754. The van der Waals surface area contributed by atoms with E-state index in [9.17, 15) is 18.2 Å². The van der Waals surface area contributed by atoms with Crippen LogP contribution in [0.15, 0.2) is 24.4 Å². The molecular formula is C19H22ClFN6O3S. The van der Waals surface area contributed by atoms with Crippen LogP contribution in [0.25, 0.3) is 0 Å². The average molecular weight is 469 g/mol. The lowest BCUT2D eigenvalue weighted by atomic mass is 10.2. The standard InChI is InChI=1S/C19H22ClFN6O3S/c1-11-8-27-17(10-25(11)19(29)23-12-3-4-15(21)14(20)5-12)16(7-22-27)26-9-13(6-18(26)28)24-31(2)30/h3-5,7,11,13,24H,6,8-10H2,1-2H3,(H,23,29). The van der Waals surface area contributed by atoms with E-state index in [4.69, 9.17) is 11.6 Å². The number of carbonyl (C=O) groups is 2. The van der Waals surface area contributed by atoms with Crippen LogP contribution in [0.2, 0.25) is 5.02 Å². The number of carbonyl (C=O) groups excluding carboxylic acids is 2. The van der Waals surface area contributed by atoms with Crippen LogP contribution in [0.1, 0.15) is 19.0 Å². The maximum atomic E-state index is 13.4. The topological polar surface area (TPSA) is 99.6 Å². The van der Waals surface area contributed by atoms with E-state index in [1.54, 1.807) is 20.7 Å². The Balaban J connectivity index is 1.52. The molecule has 31 heavy (non-hydrogen) atoms. The fourth-order valence-electron chi connectivity index (χ4n) is 3.91. The number of fused-ring (bicyclic) bond motifs is 1. The predicted octanol–water partition coefficient (Wildman–Crippen LogP) is 2.10. The first kappa shape index (κ1) is 21.7. The Kier molecular flexibility index (Phi) is 6.00. The predicted molar refractivity (Wildman–Crippen MR) is 116 cm³/mol. The van der Waals surface area contributed by atoms with Crippen molar-refractivity contribution in [3.63, 3.8) is 0 Å². The molecule has 1 aromatic carbocycles. The van der Waals surface area contributed by atoms with Gasteiger partial charge >= 0.3 is 6.03 Å². The molecule has 9 nitrogen and oxygen atoms in total. The van der Waals surface area contributed by atoms with Crippen molar-refractivity contribution >= 4 is 45.9 Å². The normalized spacial score (nSPS) is 21.9. The molecule has 166 valence electrons. The Morgan fingerprint density at radius 2 is 2.13 bits per heavy atom. The van der Waals surface area contributed by atoms with Gasteiger partial charge < -0.3 is 15.1 Å². The summed E-state index contributed by atoms with van der Waals surface area (Å²) in [6.45, 7) is 3.00. The van der Waals surface area contributed by atoms with E-state index in [1.165, 1.54) is 24.5 Å². The van der Waals surface area contributed by atoms with Gasteiger partial charge in [0.25, 0.3) is 0 Å². The van der Waals surface area contributed by atoms with Crippen LogP contribution in [0, 0.1) is 5.82 Å². The molecule has 3 atom stereocenters. The van der Waals surface area contributed by atoms with Crippen molar-refractivity contribution in [1.82, 2.24) is 19.4 Å². The van der Waals surface area contributed by atoms with Gasteiger partial charge in [-0.25, -0.2) is 18.1 Å². The maximum absolute atomic E-state index is 13.4. The quantitative estimate of drug-likeness (QED) is 0.717. The summed E-state index contributed by atoms with van der Waals surface area (Å²) in [5.41, 5.74) is 1.78. The number of hydrogen-bond acceptors (Lipinski definition) is 4. The second-order valence-corrected chi connectivity index (χ2v) is 9.22. The molecule has 0 aliphatic carbocycles. The number of rotatable bonds is 4. The molecule has 1 fully saturated rings. The summed E-state index contributed by atoms with van der Waals surface area (Å²) in [6.07, 6.45) is 3.41. The number of halogens is 2. The van der Waals surface area contributed by atoms with Gasteiger partial charge in [0.2, 0.25) is 5.91 Å². The highest BCUT2D eigenvalue weighted by Gasteiger charge is 2.36. The second kappa shape index (κ2) is 8.56. The molecule has 0 spiro atoms. The van der Waals surface area contributed by atoms with Crippen molar-refractivity contribution < 1.29 is 18.2 Å². The molecule has 12 heteroatoms. The smallest absolute Gasteiger partial charge is 0.314 e. The van der Waals surface area contributed by atoms with Crippen LogP contribution in [-0.4, -0.2) is 55.7 Å². The van der Waals surface area contributed by atoms with E-state index in [-0.39, 0.29) is 42.0 Å². The monoisotopic (exact) mass is 468 g/mol. The zero-order valence-corrected chi connectivity index (χ0v) is 18.5. The zero-order valence-electron chi connectivity index (χ0n) is 17.0. The first-order chi connectivity index (χ1) is 14.7. The summed E-state index contributed by atoms with van der Waals surface area (Å²) in [5.74, 6) is -0.649. The highest BCUT2D eigenvalue weighted by molar-refractivity contribution is 7.82. The third-order valence-corrected chi connectivity index (χ3v) is 6.35. The van der Waals surface area contributed by atoms with Gasteiger partial charge in [-0.3, -0.25) is 9.48 Å². The fraction of sp³-hybridized carbons (Fsp3) is 0.421. The molecule has 3 heterocycles. The lowest BCUT2D eigenvalue weighted by Crippen LogP contribution is -2.47. The average Bonchev–Trinajstić information content (AvgIpc) is 3.25. The van der Waals surface area contributed by atoms with Crippen LogP contribution in [0.3, 0.4) is 0 Å². The Morgan fingerprint density at radius 1 is 1.35 bits per heavy atom. The number of nitrogens with one attached hydrogen (secondary N) is 2.